The normalized spacial score (nSPS) is 12.0. The molecule has 2 aromatic heterocycles. The average molecular weight is 343 g/mol. The molecule has 3 rings (SSSR count). The first-order valence-corrected chi connectivity index (χ1v) is 7.49. The zero-order chi connectivity index (χ0) is 17.3. The van der Waals surface area contributed by atoms with E-state index in [1.54, 1.807) is 6.07 Å². The Bertz CT molecular complexity index is 1030. The zero-order valence-corrected chi connectivity index (χ0v) is 13.3. The SMILES string of the molecule is CCc1nc(C(=O)[C@@H](C#N)c2nc3cc(Cl)ccc3c(=O)[nH]2)co1. The van der Waals surface area contributed by atoms with Crippen molar-refractivity contribution >= 4 is 28.3 Å². The van der Waals surface area contributed by atoms with Crippen LogP contribution in [0.2, 0.25) is 5.02 Å². The summed E-state index contributed by atoms with van der Waals surface area (Å²) in [5, 5.41) is 10.1. The molecule has 0 aliphatic carbocycles. The summed E-state index contributed by atoms with van der Waals surface area (Å²) in [7, 11) is 0. The number of hydrogen-bond acceptors (Lipinski definition) is 6. The van der Waals surface area contributed by atoms with Gasteiger partial charge in [0.15, 0.2) is 11.8 Å². The second kappa shape index (κ2) is 6.26. The smallest absolute Gasteiger partial charge is 0.258 e. The molecule has 1 N–H and O–H groups in total. The summed E-state index contributed by atoms with van der Waals surface area (Å²) < 4.78 is 5.12. The molecule has 1 atom stereocenters. The summed E-state index contributed by atoms with van der Waals surface area (Å²) >= 11 is 5.91. The highest BCUT2D eigenvalue weighted by Crippen LogP contribution is 2.20. The quantitative estimate of drug-likeness (QED) is 0.729. The van der Waals surface area contributed by atoms with E-state index in [-0.39, 0.29) is 11.5 Å². The van der Waals surface area contributed by atoms with Crippen molar-refractivity contribution in [2.45, 2.75) is 19.3 Å². The first-order chi connectivity index (χ1) is 11.5. The number of carbonyl (C=O) groups excluding carboxylic acids is 1. The summed E-state index contributed by atoms with van der Waals surface area (Å²) in [6, 6.07) is 6.45. The lowest BCUT2D eigenvalue weighted by atomic mass is 10.0. The maximum Gasteiger partial charge on any atom is 0.258 e. The van der Waals surface area contributed by atoms with E-state index in [0.29, 0.717) is 28.2 Å². The third-order valence-electron chi connectivity index (χ3n) is 3.46. The fourth-order valence-electron chi connectivity index (χ4n) is 2.25. The highest BCUT2D eigenvalue weighted by Gasteiger charge is 2.27. The Morgan fingerprint density at radius 3 is 2.92 bits per heavy atom. The standard InChI is InChI=1S/C16H11ClN4O3/c1-2-13-19-12(7-24-13)14(22)10(6-18)15-20-11-5-8(17)3-4-9(11)16(23)21-15/h3-5,7,10H,2H2,1H3,(H,20,21,23)/t10-/m1/s1. The predicted molar refractivity (Wildman–Crippen MR) is 85.9 cm³/mol. The number of Topliss-reactive ketones (excluding diaryl/α,β-unsaturated/α-hetero) is 1. The zero-order valence-electron chi connectivity index (χ0n) is 12.5. The van der Waals surface area contributed by atoms with Gasteiger partial charge in [0.1, 0.15) is 17.8 Å². The van der Waals surface area contributed by atoms with Gasteiger partial charge in [-0.2, -0.15) is 5.26 Å². The van der Waals surface area contributed by atoms with Gasteiger partial charge in [0, 0.05) is 11.4 Å². The molecule has 0 radical (unpaired) electrons. The molecule has 24 heavy (non-hydrogen) atoms. The molecule has 0 spiro atoms. The average Bonchev–Trinajstić information content (AvgIpc) is 3.04. The van der Waals surface area contributed by atoms with Gasteiger partial charge in [-0.25, -0.2) is 9.97 Å². The molecule has 0 unspecified atom stereocenters. The number of hydrogen-bond donors (Lipinski definition) is 1. The number of nitrogens with one attached hydrogen (secondary N) is 1. The van der Waals surface area contributed by atoms with Crippen LogP contribution in [0.4, 0.5) is 0 Å². The van der Waals surface area contributed by atoms with Crippen LogP contribution in [0.5, 0.6) is 0 Å². The van der Waals surface area contributed by atoms with Gasteiger partial charge in [0.25, 0.3) is 5.56 Å². The molecular weight excluding hydrogens is 332 g/mol. The van der Waals surface area contributed by atoms with E-state index in [2.05, 4.69) is 15.0 Å². The highest BCUT2D eigenvalue weighted by molar-refractivity contribution is 6.31. The Kier molecular flexibility index (Phi) is 4.15. The predicted octanol–water partition coefficient (Wildman–Crippen LogP) is 2.62. The number of ketones is 1. The lowest BCUT2D eigenvalue weighted by Crippen LogP contribution is -2.20. The third-order valence-corrected chi connectivity index (χ3v) is 3.69. The van der Waals surface area contributed by atoms with Gasteiger partial charge in [-0.05, 0) is 18.2 Å². The molecule has 0 bridgehead atoms. The molecule has 0 saturated carbocycles. The van der Waals surface area contributed by atoms with Crippen molar-refractivity contribution in [3.8, 4) is 6.07 Å². The van der Waals surface area contributed by atoms with Crippen molar-refractivity contribution in [1.82, 2.24) is 15.0 Å². The van der Waals surface area contributed by atoms with Gasteiger partial charge in [0.05, 0.1) is 17.0 Å². The molecule has 2 heterocycles. The van der Waals surface area contributed by atoms with Crippen LogP contribution < -0.4 is 5.56 Å². The molecule has 1 aromatic carbocycles. The number of halogens is 1. The van der Waals surface area contributed by atoms with Crippen LogP contribution in [0.1, 0.15) is 35.0 Å². The summed E-state index contributed by atoms with van der Waals surface area (Å²) in [6.45, 7) is 1.83. The Labute approximate surface area is 140 Å². The fraction of sp³-hybridized carbons (Fsp3) is 0.188. The number of nitrogens with zero attached hydrogens (tertiary/aromatic N) is 3. The minimum absolute atomic E-state index is 0.0206. The van der Waals surface area contributed by atoms with E-state index >= 15 is 0 Å². The Morgan fingerprint density at radius 1 is 1.46 bits per heavy atom. The number of H-pyrrole nitrogens is 1. The first kappa shape index (κ1) is 15.9. The van der Waals surface area contributed by atoms with E-state index < -0.39 is 17.3 Å². The minimum atomic E-state index is -1.30. The maximum absolute atomic E-state index is 12.5. The van der Waals surface area contributed by atoms with Crippen molar-refractivity contribution in [2.24, 2.45) is 0 Å². The molecule has 0 fully saturated rings. The molecule has 7 nitrogen and oxygen atoms in total. The van der Waals surface area contributed by atoms with Crippen LogP contribution in [0.3, 0.4) is 0 Å². The van der Waals surface area contributed by atoms with Gasteiger partial charge in [-0.1, -0.05) is 18.5 Å². The molecule has 0 amide bonds. The number of carbonyl (C=O) groups is 1. The lowest BCUT2D eigenvalue weighted by molar-refractivity contribution is 0.0971. The summed E-state index contributed by atoms with van der Waals surface area (Å²) in [4.78, 5) is 35.3. The van der Waals surface area contributed by atoms with Crippen molar-refractivity contribution in [1.29, 1.82) is 5.26 Å². The summed E-state index contributed by atoms with van der Waals surface area (Å²) in [6.07, 6.45) is 1.72. The van der Waals surface area contributed by atoms with E-state index in [1.165, 1.54) is 18.4 Å². The van der Waals surface area contributed by atoms with E-state index in [1.807, 2.05) is 13.0 Å². The Balaban J connectivity index is 2.08. The summed E-state index contributed by atoms with van der Waals surface area (Å²) in [5.41, 5.74) is -0.120. The summed E-state index contributed by atoms with van der Waals surface area (Å²) in [5.74, 6) is -1.55. The lowest BCUT2D eigenvalue weighted by Gasteiger charge is -2.07. The van der Waals surface area contributed by atoms with Crippen LogP contribution in [-0.2, 0) is 6.42 Å². The van der Waals surface area contributed by atoms with Crippen molar-refractivity contribution in [3.63, 3.8) is 0 Å². The minimum Gasteiger partial charge on any atom is -0.448 e. The molecule has 3 aromatic rings. The fourth-order valence-corrected chi connectivity index (χ4v) is 2.41. The van der Waals surface area contributed by atoms with Crippen LogP contribution >= 0.6 is 11.6 Å². The first-order valence-electron chi connectivity index (χ1n) is 7.11. The van der Waals surface area contributed by atoms with Gasteiger partial charge in [0.2, 0.25) is 5.78 Å². The molecule has 0 aliphatic rings. The number of aryl methyl sites for hydroxylation is 1. The van der Waals surface area contributed by atoms with Crippen LogP contribution in [0.25, 0.3) is 10.9 Å². The van der Waals surface area contributed by atoms with E-state index in [0.717, 1.165) is 0 Å². The Hall–Kier alpha value is -2.98. The third kappa shape index (κ3) is 2.79. The number of aromatic nitrogens is 3. The molecular formula is C16H11ClN4O3. The molecule has 0 saturated heterocycles. The largest absolute Gasteiger partial charge is 0.448 e. The van der Waals surface area contributed by atoms with Crippen LogP contribution in [0, 0.1) is 11.3 Å². The number of nitriles is 1. The number of oxazole rings is 1. The van der Waals surface area contributed by atoms with Gasteiger partial charge in [-0.15, -0.1) is 0 Å². The number of benzene rings is 1. The topological polar surface area (TPSA) is 113 Å². The highest BCUT2D eigenvalue weighted by atomic mass is 35.5. The molecule has 120 valence electrons. The van der Waals surface area contributed by atoms with E-state index in [9.17, 15) is 14.9 Å². The second-order valence-corrected chi connectivity index (χ2v) is 5.46. The molecule has 0 aliphatic heterocycles. The van der Waals surface area contributed by atoms with Crippen molar-refractivity contribution in [3.05, 3.63) is 57.2 Å². The van der Waals surface area contributed by atoms with Crippen LogP contribution in [0.15, 0.2) is 33.7 Å². The number of fused-ring (bicyclic) bond motifs is 1. The molecule has 8 heteroatoms. The second-order valence-electron chi connectivity index (χ2n) is 5.02. The van der Waals surface area contributed by atoms with Crippen molar-refractivity contribution in [2.75, 3.05) is 0 Å². The number of aromatic amines is 1. The van der Waals surface area contributed by atoms with Gasteiger partial charge < -0.3 is 9.40 Å². The van der Waals surface area contributed by atoms with Gasteiger partial charge in [-0.3, -0.25) is 9.59 Å². The monoisotopic (exact) mass is 342 g/mol. The van der Waals surface area contributed by atoms with Gasteiger partial charge >= 0.3 is 0 Å². The van der Waals surface area contributed by atoms with E-state index in [4.69, 9.17) is 16.0 Å². The number of rotatable bonds is 4. The van der Waals surface area contributed by atoms with Crippen molar-refractivity contribution < 1.29 is 9.21 Å². The Morgan fingerprint density at radius 2 is 2.25 bits per heavy atom. The van der Waals surface area contributed by atoms with Crippen LogP contribution in [-0.4, -0.2) is 20.7 Å². The maximum atomic E-state index is 12.5.